The number of rotatable bonds is 6. The number of aliphatic imine (C=N–C) groups is 1. The number of guanidine groups is 1. The molecule has 0 radical (unpaired) electrons. The number of hydrogen-bond donors (Lipinski definition) is 2. The van der Waals surface area contributed by atoms with Crippen LogP contribution in [0.1, 0.15) is 19.8 Å². The number of halogens is 1. The summed E-state index contributed by atoms with van der Waals surface area (Å²) in [6, 6.07) is 6.20. The van der Waals surface area contributed by atoms with Crippen LogP contribution >= 0.6 is 0 Å². The molecule has 1 saturated heterocycles. The van der Waals surface area contributed by atoms with Crippen LogP contribution in [0.5, 0.6) is 5.75 Å². The topological polar surface area (TPSA) is 48.9 Å². The third kappa shape index (κ3) is 6.35. The van der Waals surface area contributed by atoms with E-state index >= 15 is 0 Å². The maximum Gasteiger partial charge on any atom is 0.191 e. The lowest BCUT2D eigenvalue weighted by molar-refractivity contribution is 0.209. The van der Waals surface area contributed by atoms with Gasteiger partial charge in [-0.3, -0.25) is 4.99 Å². The second kappa shape index (κ2) is 9.47. The van der Waals surface area contributed by atoms with E-state index in [1.807, 2.05) is 6.92 Å². The molecule has 2 atom stereocenters. The first-order valence-electron chi connectivity index (χ1n) is 8.62. The molecule has 2 N–H and O–H groups in total. The highest BCUT2D eigenvalue weighted by Crippen LogP contribution is 2.14. The van der Waals surface area contributed by atoms with Crippen LogP contribution in [0.25, 0.3) is 0 Å². The third-order valence-electron chi connectivity index (χ3n) is 4.19. The summed E-state index contributed by atoms with van der Waals surface area (Å²) in [5.74, 6) is 1.68. The number of benzene rings is 1. The summed E-state index contributed by atoms with van der Waals surface area (Å²) >= 11 is 0. The Kier molecular flexibility index (Phi) is 7.31. The van der Waals surface area contributed by atoms with Crippen molar-refractivity contribution in [1.29, 1.82) is 0 Å². The lowest BCUT2D eigenvalue weighted by Gasteiger charge is -2.30. The zero-order valence-corrected chi connectivity index (χ0v) is 14.9. The highest BCUT2D eigenvalue weighted by Gasteiger charge is 2.17. The van der Waals surface area contributed by atoms with Crippen LogP contribution in [0, 0.1) is 11.7 Å². The molecule has 2 rings (SSSR count). The van der Waals surface area contributed by atoms with E-state index in [4.69, 9.17) is 4.74 Å². The van der Waals surface area contributed by atoms with Crippen molar-refractivity contribution in [3.8, 4) is 5.75 Å². The molecule has 2 unspecified atom stereocenters. The van der Waals surface area contributed by atoms with Crippen LogP contribution in [-0.2, 0) is 0 Å². The highest BCUT2D eigenvalue weighted by atomic mass is 19.1. The molecule has 0 saturated carbocycles. The number of likely N-dealkylation sites (tertiary alicyclic amines) is 1. The molecule has 0 aromatic heterocycles. The summed E-state index contributed by atoms with van der Waals surface area (Å²) in [6.07, 6.45) is 2.42. The largest absolute Gasteiger partial charge is 0.489 e. The Balaban J connectivity index is 1.70. The Bertz CT molecular complexity index is 538. The average Bonchev–Trinajstić information content (AvgIpc) is 2.55. The normalized spacial score (nSPS) is 20.5. The molecule has 0 bridgehead atoms. The maximum absolute atomic E-state index is 13.2. The zero-order chi connectivity index (χ0) is 17.4. The molecule has 5 nitrogen and oxygen atoms in total. The van der Waals surface area contributed by atoms with Gasteiger partial charge in [-0.2, -0.15) is 0 Å². The standard InChI is InChI=1S/C18H29FN4O/c1-14(24-17-8-4-7-16(19)10-17)11-21-18(20-2)22-12-15-6-5-9-23(3)13-15/h4,7-8,10,14-15H,5-6,9,11-13H2,1-3H3,(H2,20,21,22). The van der Waals surface area contributed by atoms with Gasteiger partial charge >= 0.3 is 0 Å². The van der Waals surface area contributed by atoms with E-state index in [1.165, 1.54) is 31.5 Å². The fourth-order valence-electron chi connectivity index (χ4n) is 2.96. The third-order valence-corrected chi connectivity index (χ3v) is 4.19. The van der Waals surface area contributed by atoms with Crippen molar-refractivity contribution in [1.82, 2.24) is 15.5 Å². The predicted octanol–water partition coefficient (Wildman–Crippen LogP) is 2.10. The monoisotopic (exact) mass is 336 g/mol. The number of nitrogens with zero attached hydrogens (tertiary/aromatic N) is 2. The molecule has 134 valence electrons. The molecule has 24 heavy (non-hydrogen) atoms. The molecule has 1 aliphatic heterocycles. The van der Waals surface area contributed by atoms with Crippen molar-refractivity contribution in [2.24, 2.45) is 10.9 Å². The van der Waals surface area contributed by atoms with Gasteiger partial charge in [0.1, 0.15) is 17.7 Å². The SMILES string of the molecule is CN=C(NCC1CCCN(C)C1)NCC(C)Oc1cccc(F)c1. The van der Waals surface area contributed by atoms with Gasteiger partial charge in [0, 0.05) is 26.2 Å². The summed E-state index contributed by atoms with van der Waals surface area (Å²) in [5.41, 5.74) is 0. The molecular weight excluding hydrogens is 307 g/mol. The van der Waals surface area contributed by atoms with E-state index in [1.54, 1.807) is 19.2 Å². The molecule has 1 fully saturated rings. The van der Waals surface area contributed by atoms with Gasteiger partial charge in [0.25, 0.3) is 0 Å². The van der Waals surface area contributed by atoms with E-state index < -0.39 is 0 Å². The van der Waals surface area contributed by atoms with E-state index in [2.05, 4.69) is 27.6 Å². The van der Waals surface area contributed by atoms with Crippen LogP contribution in [0.2, 0.25) is 0 Å². The van der Waals surface area contributed by atoms with Crippen molar-refractivity contribution >= 4 is 5.96 Å². The second-order valence-corrected chi connectivity index (χ2v) is 6.49. The average molecular weight is 336 g/mol. The molecule has 1 aromatic rings. The lowest BCUT2D eigenvalue weighted by Crippen LogP contribution is -2.45. The molecule has 0 spiro atoms. The maximum atomic E-state index is 13.2. The van der Waals surface area contributed by atoms with Crippen LogP contribution in [0.3, 0.4) is 0 Å². The molecule has 1 heterocycles. The van der Waals surface area contributed by atoms with Crippen LogP contribution < -0.4 is 15.4 Å². The summed E-state index contributed by atoms with van der Waals surface area (Å²) in [5, 5.41) is 6.65. The zero-order valence-electron chi connectivity index (χ0n) is 14.9. The van der Waals surface area contributed by atoms with Gasteiger partial charge in [-0.15, -0.1) is 0 Å². The number of ether oxygens (including phenoxy) is 1. The van der Waals surface area contributed by atoms with E-state index in [9.17, 15) is 4.39 Å². The predicted molar refractivity (Wildman–Crippen MR) is 96.1 cm³/mol. The molecule has 1 aliphatic rings. The fraction of sp³-hybridized carbons (Fsp3) is 0.611. The number of nitrogens with one attached hydrogen (secondary N) is 2. The molecular formula is C18H29FN4O. The van der Waals surface area contributed by atoms with Gasteiger partial charge in [0.15, 0.2) is 5.96 Å². The first kappa shape index (κ1) is 18.5. The first-order chi connectivity index (χ1) is 11.6. The number of hydrogen-bond acceptors (Lipinski definition) is 3. The van der Waals surface area contributed by atoms with Crippen LogP contribution in [-0.4, -0.2) is 57.2 Å². The van der Waals surface area contributed by atoms with Crippen molar-refractivity contribution in [3.05, 3.63) is 30.1 Å². The minimum absolute atomic E-state index is 0.0915. The van der Waals surface area contributed by atoms with Gasteiger partial charge in [0.2, 0.25) is 0 Å². The van der Waals surface area contributed by atoms with E-state index in [0.29, 0.717) is 18.2 Å². The van der Waals surface area contributed by atoms with E-state index in [0.717, 1.165) is 19.0 Å². The van der Waals surface area contributed by atoms with Crippen LogP contribution in [0.15, 0.2) is 29.3 Å². The molecule has 0 aliphatic carbocycles. The quantitative estimate of drug-likeness (QED) is 0.617. The second-order valence-electron chi connectivity index (χ2n) is 6.49. The Morgan fingerprint density at radius 2 is 2.29 bits per heavy atom. The Morgan fingerprint density at radius 1 is 1.46 bits per heavy atom. The Hall–Kier alpha value is -1.82. The van der Waals surface area contributed by atoms with Crippen molar-refractivity contribution in [2.45, 2.75) is 25.9 Å². The van der Waals surface area contributed by atoms with Gasteiger partial charge in [-0.05, 0) is 51.4 Å². The highest BCUT2D eigenvalue weighted by molar-refractivity contribution is 5.79. The van der Waals surface area contributed by atoms with E-state index in [-0.39, 0.29) is 11.9 Å². The number of piperidine rings is 1. The Morgan fingerprint density at radius 3 is 3.00 bits per heavy atom. The summed E-state index contributed by atoms with van der Waals surface area (Å²) < 4.78 is 18.9. The van der Waals surface area contributed by atoms with Gasteiger partial charge < -0.3 is 20.3 Å². The molecule has 0 amide bonds. The van der Waals surface area contributed by atoms with Gasteiger partial charge in [-0.1, -0.05) is 6.07 Å². The summed E-state index contributed by atoms with van der Waals surface area (Å²) in [7, 11) is 3.94. The minimum Gasteiger partial charge on any atom is -0.489 e. The molecule has 1 aromatic carbocycles. The molecule has 6 heteroatoms. The lowest BCUT2D eigenvalue weighted by atomic mass is 9.99. The first-order valence-corrected chi connectivity index (χ1v) is 8.62. The smallest absolute Gasteiger partial charge is 0.191 e. The van der Waals surface area contributed by atoms with Crippen molar-refractivity contribution < 1.29 is 9.13 Å². The summed E-state index contributed by atoms with van der Waals surface area (Å²) in [6.45, 7) is 5.78. The van der Waals surface area contributed by atoms with Crippen molar-refractivity contribution in [2.75, 3.05) is 40.3 Å². The summed E-state index contributed by atoms with van der Waals surface area (Å²) in [4.78, 5) is 6.63. The fourth-order valence-corrected chi connectivity index (χ4v) is 2.96. The van der Waals surface area contributed by atoms with Crippen molar-refractivity contribution in [3.63, 3.8) is 0 Å². The Labute approximate surface area is 144 Å². The van der Waals surface area contributed by atoms with Gasteiger partial charge in [-0.25, -0.2) is 4.39 Å². The van der Waals surface area contributed by atoms with Gasteiger partial charge in [0.05, 0.1) is 6.54 Å². The minimum atomic E-state index is -0.289. The van der Waals surface area contributed by atoms with Crippen LogP contribution in [0.4, 0.5) is 4.39 Å².